The first-order valence-electron chi connectivity index (χ1n) is 8.01. The monoisotopic (exact) mass is 280 g/mol. The maximum absolute atomic E-state index is 12.3. The molecule has 2 heterocycles. The molecule has 114 valence electrons. The van der Waals surface area contributed by atoms with Crippen molar-refractivity contribution in [1.82, 2.24) is 10.2 Å². The number of likely N-dealkylation sites (tertiary alicyclic amines) is 1. The minimum atomic E-state index is 0.176. The highest BCUT2D eigenvalue weighted by Gasteiger charge is 2.27. The van der Waals surface area contributed by atoms with Crippen molar-refractivity contribution in [2.75, 3.05) is 32.8 Å². The number of allylic oxidation sites excluding steroid dienone is 1. The SMILES string of the molecule is C=CCCCN1CCCC(C(=O)NC2CCOCC2)C1. The molecule has 2 saturated heterocycles. The molecule has 0 aromatic carbocycles. The maximum Gasteiger partial charge on any atom is 0.224 e. The number of nitrogens with zero attached hydrogens (tertiary/aromatic N) is 1. The van der Waals surface area contributed by atoms with Crippen LogP contribution in [0.2, 0.25) is 0 Å². The molecule has 1 amide bonds. The molecule has 1 unspecified atom stereocenters. The maximum atomic E-state index is 12.3. The smallest absolute Gasteiger partial charge is 0.224 e. The molecule has 20 heavy (non-hydrogen) atoms. The van der Waals surface area contributed by atoms with Crippen LogP contribution in [-0.2, 0) is 9.53 Å². The topological polar surface area (TPSA) is 41.6 Å². The van der Waals surface area contributed by atoms with Gasteiger partial charge in [-0.3, -0.25) is 4.79 Å². The van der Waals surface area contributed by atoms with E-state index in [1.807, 2.05) is 6.08 Å². The lowest BCUT2D eigenvalue weighted by Gasteiger charge is -2.33. The van der Waals surface area contributed by atoms with Gasteiger partial charge >= 0.3 is 0 Å². The number of carbonyl (C=O) groups excluding carboxylic acids is 1. The third-order valence-electron chi connectivity index (χ3n) is 4.33. The van der Waals surface area contributed by atoms with Crippen molar-refractivity contribution in [3.63, 3.8) is 0 Å². The zero-order valence-electron chi connectivity index (χ0n) is 12.5. The van der Waals surface area contributed by atoms with Crippen LogP contribution in [0.3, 0.4) is 0 Å². The number of amides is 1. The van der Waals surface area contributed by atoms with Gasteiger partial charge in [-0.25, -0.2) is 0 Å². The molecular formula is C16H28N2O2. The summed E-state index contributed by atoms with van der Waals surface area (Å²) < 4.78 is 5.33. The third-order valence-corrected chi connectivity index (χ3v) is 4.33. The summed E-state index contributed by atoms with van der Waals surface area (Å²) in [7, 11) is 0. The number of piperidine rings is 1. The van der Waals surface area contributed by atoms with Gasteiger partial charge in [0.1, 0.15) is 0 Å². The molecule has 0 bridgehead atoms. The van der Waals surface area contributed by atoms with Crippen molar-refractivity contribution in [3.8, 4) is 0 Å². The third kappa shape index (κ3) is 4.91. The predicted molar refractivity (Wildman–Crippen MR) is 80.6 cm³/mol. The Morgan fingerprint density at radius 2 is 2.15 bits per heavy atom. The molecule has 0 saturated carbocycles. The second-order valence-corrected chi connectivity index (χ2v) is 5.97. The first kappa shape index (κ1) is 15.5. The fourth-order valence-electron chi connectivity index (χ4n) is 3.09. The highest BCUT2D eigenvalue weighted by Crippen LogP contribution is 2.18. The molecular weight excluding hydrogens is 252 g/mol. The lowest BCUT2D eigenvalue weighted by atomic mass is 9.96. The van der Waals surface area contributed by atoms with Crippen LogP contribution in [0.1, 0.15) is 38.5 Å². The Kier molecular flexibility index (Phi) is 6.54. The molecule has 0 spiro atoms. The van der Waals surface area contributed by atoms with E-state index in [1.165, 1.54) is 0 Å². The Morgan fingerprint density at radius 3 is 2.90 bits per heavy atom. The van der Waals surface area contributed by atoms with E-state index in [4.69, 9.17) is 4.74 Å². The van der Waals surface area contributed by atoms with Gasteiger partial charge in [-0.15, -0.1) is 6.58 Å². The van der Waals surface area contributed by atoms with Crippen molar-refractivity contribution < 1.29 is 9.53 Å². The van der Waals surface area contributed by atoms with Gasteiger partial charge in [-0.1, -0.05) is 6.08 Å². The Labute approximate surface area is 122 Å². The molecule has 2 fully saturated rings. The van der Waals surface area contributed by atoms with Crippen molar-refractivity contribution in [3.05, 3.63) is 12.7 Å². The predicted octanol–water partition coefficient (Wildman–Crippen LogP) is 1.96. The number of unbranched alkanes of at least 4 members (excludes halogenated alkanes) is 1. The highest BCUT2D eigenvalue weighted by molar-refractivity contribution is 5.79. The van der Waals surface area contributed by atoms with E-state index in [2.05, 4.69) is 16.8 Å². The Bertz CT molecular complexity index is 314. The molecule has 4 nitrogen and oxygen atoms in total. The average molecular weight is 280 g/mol. The standard InChI is InChI=1S/C16H28N2O2/c1-2-3-4-9-18-10-5-6-14(13-18)16(19)17-15-7-11-20-12-8-15/h2,14-15H,1,3-13H2,(H,17,19). The van der Waals surface area contributed by atoms with Crippen molar-refractivity contribution >= 4 is 5.91 Å². The fraction of sp³-hybridized carbons (Fsp3) is 0.812. The summed E-state index contributed by atoms with van der Waals surface area (Å²) in [4.78, 5) is 14.8. The van der Waals surface area contributed by atoms with Crippen LogP contribution >= 0.6 is 0 Å². The van der Waals surface area contributed by atoms with Crippen molar-refractivity contribution in [2.45, 2.75) is 44.6 Å². The summed E-state index contributed by atoms with van der Waals surface area (Å²) in [5, 5.41) is 3.21. The van der Waals surface area contributed by atoms with Crippen molar-refractivity contribution in [1.29, 1.82) is 0 Å². The molecule has 2 aliphatic heterocycles. The van der Waals surface area contributed by atoms with Gasteiger partial charge < -0.3 is 15.0 Å². The van der Waals surface area contributed by atoms with E-state index >= 15 is 0 Å². The summed E-state index contributed by atoms with van der Waals surface area (Å²) in [5.41, 5.74) is 0. The van der Waals surface area contributed by atoms with Gasteiger partial charge in [-0.05, 0) is 51.6 Å². The Morgan fingerprint density at radius 1 is 1.35 bits per heavy atom. The Balaban J connectivity index is 1.72. The largest absolute Gasteiger partial charge is 0.381 e. The summed E-state index contributed by atoms with van der Waals surface area (Å²) in [6.45, 7) is 8.47. The van der Waals surface area contributed by atoms with Gasteiger partial charge in [0.25, 0.3) is 0 Å². The van der Waals surface area contributed by atoms with Crippen LogP contribution in [-0.4, -0.2) is 49.7 Å². The van der Waals surface area contributed by atoms with E-state index in [-0.39, 0.29) is 11.8 Å². The van der Waals surface area contributed by atoms with E-state index in [9.17, 15) is 4.79 Å². The van der Waals surface area contributed by atoms with E-state index in [1.54, 1.807) is 0 Å². The number of rotatable bonds is 6. The molecule has 0 aromatic rings. The van der Waals surface area contributed by atoms with Gasteiger partial charge in [0.2, 0.25) is 5.91 Å². The lowest BCUT2D eigenvalue weighted by Crippen LogP contribution is -2.47. The second-order valence-electron chi connectivity index (χ2n) is 5.97. The Hall–Kier alpha value is -0.870. The molecule has 2 aliphatic rings. The summed E-state index contributed by atoms with van der Waals surface area (Å²) >= 11 is 0. The number of ether oxygens (including phenoxy) is 1. The summed E-state index contributed by atoms with van der Waals surface area (Å²) in [6, 6.07) is 0.326. The van der Waals surface area contributed by atoms with Gasteiger partial charge in [0.15, 0.2) is 0 Å². The minimum absolute atomic E-state index is 0.176. The second kappa shape index (κ2) is 8.42. The molecule has 1 atom stereocenters. The average Bonchev–Trinajstić information content (AvgIpc) is 2.49. The van der Waals surface area contributed by atoms with Crippen LogP contribution in [0.15, 0.2) is 12.7 Å². The molecule has 0 radical (unpaired) electrons. The van der Waals surface area contributed by atoms with E-state index in [0.717, 1.165) is 71.4 Å². The number of nitrogens with one attached hydrogen (secondary N) is 1. The van der Waals surface area contributed by atoms with Crippen LogP contribution in [0, 0.1) is 5.92 Å². The van der Waals surface area contributed by atoms with Gasteiger partial charge in [0.05, 0.1) is 5.92 Å². The van der Waals surface area contributed by atoms with E-state index in [0.29, 0.717) is 6.04 Å². The van der Waals surface area contributed by atoms with Crippen LogP contribution in [0.25, 0.3) is 0 Å². The molecule has 4 heteroatoms. The van der Waals surface area contributed by atoms with Gasteiger partial charge in [0, 0.05) is 25.8 Å². The van der Waals surface area contributed by atoms with Crippen LogP contribution in [0.5, 0.6) is 0 Å². The normalized spacial score (nSPS) is 25.3. The fourth-order valence-corrected chi connectivity index (χ4v) is 3.09. The summed E-state index contributed by atoms with van der Waals surface area (Å²) in [6.07, 6.45) is 8.28. The van der Waals surface area contributed by atoms with E-state index < -0.39 is 0 Å². The summed E-state index contributed by atoms with van der Waals surface area (Å²) in [5.74, 6) is 0.431. The number of hydrogen-bond donors (Lipinski definition) is 1. The number of hydrogen-bond acceptors (Lipinski definition) is 3. The molecule has 1 N–H and O–H groups in total. The van der Waals surface area contributed by atoms with Crippen LogP contribution in [0.4, 0.5) is 0 Å². The van der Waals surface area contributed by atoms with Crippen LogP contribution < -0.4 is 5.32 Å². The minimum Gasteiger partial charge on any atom is -0.381 e. The zero-order chi connectivity index (χ0) is 14.2. The first-order valence-corrected chi connectivity index (χ1v) is 8.01. The van der Waals surface area contributed by atoms with Gasteiger partial charge in [-0.2, -0.15) is 0 Å². The highest BCUT2D eigenvalue weighted by atomic mass is 16.5. The zero-order valence-corrected chi connectivity index (χ0v) is 12.5. The molecule has 0 aliphatic carbocycles. The van der Waals surface area contributed by atoms with Crippen molar-refractivity contribution in [2.24, 2.45) is 5.92 Å². The molecule has 0 aromatic heterocycles. The quantitative estimate of drug-likeness (QED) is 0.597. The first-order chi connectivity index (χ1) is 9.79. The lowest BCUT2D eigenvalue weighted by molar-refractivity contribution is -0.128. The molecule has 2 rings (SSSR count). The number of carbonyl (C=O) groups is 1.